The van der Waals surface area contributed by atoms with E-state index < -0.39 is 23.9 Å². The summed E-state index contributed by atoms with van der Waals surface area (Å²) in [6.07, 6.45) is 0.506. The van der Waals surface area contributed by atoms with E-state index in [1.807, 2.05) is 0 Å². The fourth-order valence-corrected chi connectivity index (χ4v) is 3.35. The van der Waals surface area contributed by atoms with Gasteiger partial charge in [-0.05, 0) is 37.3 Å². The highest BCUT2D eigenvalue weighted by molar-refractivity contribution is 5.97. The van der Waals surface area contributed by atoms with Gasteiger partial charge in [0.15, 0.2) is 6.10 Å². The van der Waals surface area contributed by atoms with Crippen LogP contribution in [0.3, 0.4) is 0 Å². The second kappa shape index (κ2) is 7.90. The summed E-state index contributed by atoms with van der Waals surface area (Å²) in [5, 5.41) is 2.64. The minimum absolute atomic E-state index is 0.0331. The van der Waals surface area contributed by atoms with Crippen LogP contribution < -0.4 is 11.0 Å². The van der Waals surface area contributed by atoms with Crippen LogP contribution in [0.1, 0.15) is 19.1 Å². The van der Waals surface area contributed by atoms with Crippen LogP contribution in [0, 0.1) is 5.92 Å². The van der Waals surface area contributed by atoms with Crippen molar-refractivity contribution in [1.29, 1.82) is 0 Å². The molecule has 2 aromatic heterocycles. The number of esters is 1. The van der Waals surface area contributed by atoms with Gasteiger partial charge >= 0.3 is 11.7 Å². The van der Waals surface area contributed by atoms with Crippen LogP contribution in [-0.2, 0) is 25.7 Å². The third kappa shape index (κ3) is 4.12. The fraction of sp³-hybridized carbons (Fsp3) is 0.300. The minimum atomic E-state index is -1.05. The third-order valence-corrected chi connectivity index (χ3v) is 4.92. The Kier molecular flexibility index (Phi) is 5.13. The molecule has 10 nitrogen and oxygen atoms in total. The van der Waals surface area contributed by atoms with Gasteiger partial charge in [0, 0.05) is 18.7 Å². The predicted octanol–water partition coefficient (Wildman–Crippen LogP) is 1.37. The number of nitrogens with one attached hydrogen (secondary N) is 3. The number of amides is 2. The largest absolute Gasteiger partial charge is 0.467 e. The number of fused-ring (bicyclic) bond motifs is 1. The van der Waals surface area contributed by atoms with E-state index in [1.165, 1.54) is 18.1 Å². The lowest BCUT2D eigenvalue weighted by molar-refractivity contribution is -0.157. The molecule has 156 valence electrons. The van der Waals surface area contributed by atoms with Crippen molar-refractivity contribution in [3.63, 3.8) is 0 Å². The summed E-state index contributed by atoms with van der Waals surface area (Å²) in [6, 6.07) is 8.36. The molecular weight excluding hydrogens is 392 g/mol. The highest BCUT2D eigenvalue weighted by Crippen LogP contribution is 2.22. The number of carbonyl (C=O) groups is 3. The summed E-state index contributed by atoms with van der Waals surface area (Å²) in [6.45, 7) is 1.96. The lowest BCUT2D eigenvalue weighted by Crippen LogP contribution is -2.33. The topological polar surface area (TPSA) is 138 Å². The van der Waals surface area contributed by atoms with Crippen molar-refractivity contribution in [2.24, 2.45) is 5.92 Å². The Labute approximate surface area is 170 Å². The molecule has 3 N–H and O–H groups in total. The molecule has 3 aromatic rings. The summed E-state index contributed by atoms with van der Waals surface area (Å²) in [5.41, 5.74) is 1.26. The summed E-state index contributed by atoms with van der Waals surface area (Å²) in [5.74, 6) is -1.29. The zero-order valence-corrected chi connectivity index (χ0v) is 16.1. The zero-order chi connectivity index (χ0) is 21.3. The number of nitrogens with zero attached hydrogens (tertiary/aromatic N) is 1. The number of aromatic amines is 2. The molecule has 0 bridgehead atoms. The van der Waals surface area contributed by atoms with Crippen molar-refractivity contribution >= 4 is 34.5 Å². The molecule has 2 amide bonds. The molecule has 0 aliphatic carbocycles. The molecule has 1 fully saturated rings. The maximum absolute atomic E-state index is 12.4. The van der Waals surface area contributed by atoms with E-state index in [4.69, 9.17) is 9.15 Å². The summed E-state index contributed by atoms with van der Waals surface area (Å²) in [4.78, 5) is 55.0. The Morgan fingerprint density at radius 3 is 2.83 bits per heavy atom. The first-order chi connectivity index (χ1) is 14.4. The van der Waals surface area contributed by atoms with Gasteiger partial charge in [0.1, 0.15) is 5.76 Å². The van der Waals surface area contributed by atoms with Gasteiger partial charge in [0.05, 0.1) is 29.8 Å². The van der Waals surface area contributed by atoms with Gasteiger partial charge in [-0.1, -0.05) is 0 Å². The average molecular weight is 412 g/mol. The number of carbonyl (C=O) groups excluding carboxylic acids is 3. The highest BCUT2D eigenvalue weighted by atomic mass is 16.5. The van der Waals surface area contributed by atoms with Crippen molar-refractivity contribution in [2.45, 2.75) is 26.0 Å². The summed E-state index contributed by atoms with van der Waals surface area (Å²) >= 11 is 0. The molecule has 2 atom stereocenters. The maximum Gasteiger partial charge on any atom is 0.323 e. The molecule has 10 heteroatoms. The smallest absolute Gasteiger partial charge is 0.323 e. The molecule has 3 heterocycles. The highest BCUT2D eigenvalue weighted by Gasteiger charge is 2.36. The van der Waals surface area contributed by atoms with Gasteiger partial charge in [0.2, 0.25) is 5.91 Å². The number of H-pyrrole nitrogens is 2. The fourth-order valence-electron chi connectivity index (χ4n) is 3.35. The van der Waals surface area contributed by atoms with Gasteiger partial charge in [-0.3, -0.25) is 14.4 Å². The number of likely N-dealkylation sites (tertiary alicyclic amines) is 1. The van der Waals surface area contributed by atoms with Crippen LogP contribution in [0.4, 0.5) is 5.69 Å². The Hall–Kier alpha value is -3.82. The van der Waals surface area contributed by atoms with E-state index in [2.05, 4.69) is 15.3 Å². The Morgan fingerprint density at radius 1 is 1.27 bits per heavy atom. The van der Waals surface area contributed by atoms with Gasteiger partial charge in [-0.25, -0.2) is 4.79 Å². The first-order valence-electron chi connectivity index (χ1n) is 9.42. The van der Waals surface area contributed by atoms with Crippen LogP contribution >= 0.6 is 0 Å². The Morgan fingerprint density at radius 2 is 2.07 bits per heavy atom. The third-order valence-electron chi connectivity index (χ3n) is 4.92. The minimum Gasteiger partial charge on any atom is -0.467 e. The molecule has 1 saturated heterocycles. The number of hydrogen-bond donors (Lipinski definition) is 3. The van der Waals surface area contributed by atoms with Gasteiger partial charge < -0.3 is 29.3 Å². The number of rotatable bonds is 6. The second-order valence-corrected chi connectivity index (χ2v) is 7.16. The van der Waals surface area contributed by atoms with Gasteiger partial charge in [-0.2, -0.15) is 0 Å². The number of furan rings is 1. The van der Waals surface area contributed by atoms with Crippen molar-refractivity contribution < 1.29 is 23.5 Å². The van der Waals surface area contributed by atoms with Gasteiger partial charge in [-0.15, -0.1) is 0 Å². The van der Waals surface area contributed by atoms with E-state index in [-0.39, 0.29) is 31.1 Å². The van der Waals surface area contributed by atoms with E-state index in [0.29, 0.717) is 22.5 Å². The van der Waals surface area contributed by atoms with Crippen molar-refractivity contribution in [1.82, 2.24) is 14.9 Å². The normalized spacial score (nSPS) is 17.3. The first-order valence-corrected chi connectivity index (χ1v) is 9.42. The molecule has 0 radical (unpaired) electrons. The second-order valence-electron chi connectivity index (χ2n) is 7.16. The lowest BCUT2D eigenvalue weighted by Gasteiger charge is -2.17. The van der Waals surface area contributed by atoms with Crippen molar-refractivity contribution in [3.8, 4) is 0 Å². The maximum atomic E-state index is 12.4. The zero-order valence-electron chi connectivity index (χ0n) is 16.1. The number of aromatic nitrogens is 2. The number of hydrogen-bond acceptors (Lipinski definition) is 6. The van der Waals surface area contributed by atoms with E-state index in [9.17, 15) is 19.2 Å². The van der Waals surface area contributed by atoms with E-state index >= 15 is 0 Å². The number of ether oxygens (including phenoxy) is 1. The van der Waals surface area contributed by atoms with Crippen LogP contribution in [-0.4, -0.2) is 45.3 Å². The monoisotopic (exact) mass is 412 g/mol. The van der Waals surface area contributed by atoms with Crippen LogP contribution in [0.25, 0.3) is 11.0 Å². The predicted molar refractivity (Wildman–Crippen MR) is 105 cm³/mol. The van der Waals surface area contributed by atoms with Crippen molar-refractivity contribution in [2.75, 3.05) is 11.9 Å². The molecule has 1 aliphatic rings. The van der Waals surface area contributed by atoms with Crippen LogP contribution in [0.2, 0.25) is 0 Å². The summed E-state index contributed by atoms with van der Waals surface area (Å²) in [7, 11) is 0. The first kappa shape index (κ1) is 19.5. The van der Waals surface area contributed by atoms with Crippen LogP contribution in [0.5, 0.6) is 0 Å². The molecule has 0 spiro atoms. The summed E-state index contributed by atoms with van der Waals surface area (Å²) < 4.78 is 10.5. The number of benzene rings is 1. The Bertz CT molecular complexity index is 1150. The molecule has 0 unspecified atom stereocenters. The molecule has 1 aromatic carbocycles. The van der Waals surface area contributed by atoms with E-state index in [0.717, 1.165) is 0 Å². The number of imidazole rings is 1. The molecular formula is C20H20N4O6. The van der Waals surface area contributed by atoms with Gasteiger partial charge in [0.25, 0.3) is 5.91 Å². The molecule has 1 aliphatic heterocycles. The van der Waals surface area contributed by atoms with Crippen LogP contribution in [0.15, 0.2) is 45.8 Å². The standard InChI is InChI=1S/C20H20N4O6/c1-11(18(26)21-13-4-5-15-16(8-13)23-20(28)22-15)30-19(27)12-7-17(25)24(9-12)10-14-3-2-6-29-14/h2-6,8,11-12H,7,9-10H2,1H3,(H,21,26)(H2,22,23,28)/t11-,12-/m1/s1. The molecule has 30 heavy (non-hydrogen) atoms. The SMILES string of the molecule is C[C@@H](OC(=O)[C@@H]1CC(=O)N(Cc2ccco2)C1)C(=O)Nc1ccc2[nH]c(=O)[nH]c2c1. The molecule has 4 rings (SSSR count). The lowest BCUT2D eigenvalue weighted by atomic mass is 10.1. The van der Waals surface area contributed by atoms with E-state index in [1.54, 1.807) is 30.3 Å². The van der Waals surface area contributed by atoms with Crippen molar-refractivity contribution in [3.05, 3.63) is 52.8 Å². The molecule has 0 saturated carbocycles. The number of anilines is 1. The average Bonchev–Trinajstić information content (AvgIpc) is 3.42. The quantitative estimate of drug-likeness (QED) is 0.523. The Balaban J connectivity index is 1.32.